The first-order valence-corrected chi connectivity index (χ1v) is 8.07. The molecule has 0 aromatic heterocycles. The average molecular weight is 348 g/mol. The fourth-order valence-electron chi connectivity index (χ4n) is 2.54. The summed E-state index contributed by atoms with van der Waals surface area (Å²) in [6, 6.07) is 19.7. The third-order valence-electron chi connectivity index (χ3n) is 3.89. The second-order valence-electron chi connectivity index (χ2n) is 5.78. The maximum absolute atomic E-state index is 13.7. The summed E-state index contributed by atoms with van der Waals surface area (Å²) in [4.78, 5) is 24.6. The Morgan fingerprint density at radius 3 is 1.88 bits per heavy atom. The smallest absolute Gasteiger partial charge is 0.258 e. The van der Waals surface area contributed by atoms with Gasteiger partial charge in [-0.2, -0.15) is 0 Å². The first-order chi connectivity index (χ1) is 12.5. The molecule has 0 unspecified atom stereocenters. The van der Waals surface area contributed by atoms with E-state index in [0.29, 0.717) is 16.9 Å². The van der Waals surface area contributed by atoms with Gasteiger partial charge in [0, 0.05) is 16.9 Å². The van der Waals surface area contributed by atoms with Crippen molar-refractivity contribution < 1.29 is 14.0 Å². The number of anilines is 2. The lowest BCUT2D eigenvalue weighted by Crippen LogP contribution is -2.15. The minimum absolute atomic E-state index is 0.0400. The van der Waals surface area contributed by atoms with Gasteiger partial charge in [0.1, 0.15) is 5.82 Å². The monoisotopic (exact) mass is 348 g/mol. The number of hydrogen-bond acceptors (Lipinski definition) is 2. The Balaban J connectivity index is 1.74. The van der Waals surface area contributed by atoms with Gasteiger partial charge in [-0.05, 0) is 48.9 Å². The topological polar surface area (TPSA) is 58.2 Å². The van der Waals surface area contributed by atoms with Crippen molar-refractivity contribution in [2.75, 3.05) is 10.6 Å². The zero-order chi connectivity index (χ0) is 18.5. The lowest BCUT2D eigenvalue weighted by atomic mass is 10.1. The Labute approximate surface area is 150 Å². The highest BCUT2D eigenvalue weighted by Crippen LogP contribution is 2.18. The van der Waals surface area contributed by atoms with E-state index in [4.69, 9.17) is 0 Å². The molecule has 0 aliphatic rings. The van der Waals surface area contributed by atoms with Crippen LogP contribution in [0.25, 0.3) is 0 Å². The second-order valence-corrected chi connectivity index (χ2v) is 5.78. The second kappa shape index (κ2) is 7.61. The molecule has 0 saturated heterocycles. The van der Waals surface area contributed by atoms with Crippen LogP contribution in [0.4, 0.5) is 15.8 Å². The van der Waals surface area contributed by atoms with Crippen molar-refractivity contribution in [1.82, 2.24) is 0 Å². The maximum Gasteiger partial charge on any atom is 0.258 e. The highest BCUT2D eigenvalue weighted by Gasteiger charge is 2.12. The van der Waals surface area contributed by atoms with E-state index < -0.39 is 11.7 Å². The van der Waals surface area contributed by atoms with Gasteiger partial charge in [-0.15, -0.1) is 0 Å². The number of nitrogens with one attached hydrogen (secondary N) is 2. The summed E-state index contributed by atoms with van der Waals surface area (Å²) >= 11 is 0. The highest BCUT2D eigenvalue weighted by atomic mass is 19.1. The van der Waals surface area contributed by atoms with Crippen molar-refractivity contribution in [3.63, 3.8) is 0 Å². The molecule has 26 heavy (non-hydrogen) atoms. The number of halogens is 1. The van der Waals surface area contributed by atoms with E-state index in [2.05, 4.69) is 10.6 Å². The van der Waals surface area contributed by atoms with Crippen molar-refractivity contribution >= 4 is 23.2 Å². The van der Waals surface area contributed by atoms with Crippen LogP contribution in [0.2, 0.25) is 0 Å². The van der Waals surface area contributed by atoms with E-state index in [1.807, 2.05) is 19.1 Å². The number of rotatable bonds is 4. The van der Waals surface area contributed by atoms with Crippen LogP contribution < -0.4 is 10.6 Å². The van der Waals surface area contributed by atoms with Crippen LogP contribution in [0.1, 0.15) is 26.3 Å². The molecule has 0 heterocycles. The van der Waals surface area contributed by atoms with Crippen molar-refractivity contribution in [2.24, 2.45) is 0 Å². The number of benzene rings is 3. The molecule has 0 aliphatic heterocycles. The number of hydrogen-bond donors (Lipinski definition) is 2. The third kappa shape index (κ3) is 3.95. The Hall–Kier alpha value is -3.47. The lowest BCUT2D eigenvalue weighted by molar-refractivity contribution is 0.101. The van der Waals surface area contributed by atoms with Crippen molar-refractivity contribution in [2.45, 2.75) is 6.92 Å². The van der Waals surface area contributed by atoms with Crippen LogP contribution in [0, 0.1) is 12.7 Å². The molecular formula is C21H17FN2O2. The molecule has 0 atom stereocenters. The van der Waals surface area contributed by atoms with Gasteiger partial charge in [0.15, 0.2) is 0 Å². The van der Waals surface area contributed by atoms with Crippen molar-refractivity contribution in [3.05, 3.63) is 95.3 Å². The van der Waals surface area contributed by atoms with Gasteiger partial charge >= 0.3 is 0 Å². The fourth-order valence-corrected chi connectivity index (χ4v) is 2.54. The van der Waals surface area contributed by atoms with E-state index in [-0.39, 0.29) is 11.5 Å². The molecule has 0 spiro atoms. The molecule has 0 radical (unpaired) electrons. The summed E-state index contributed by atoms with van der Waals surface area (Å²) in [6.07, 6.45) is 0. The highest BCUT2D eigenvalue weighted by molar-refractivity contribution is 6.07. The molecule has 4 nitrogen and oxygen atoms in total. The summed E-state index contributed by atoms with van der Waals surface area (Å²) in [7, 11) is 0. The van der Waals surface area contributed by atoms with E-state index >= 15 is 0 Å². The zero-order valence-electron chi connectivity index (χ0n) is 14.1. The average Bonchev–Trinajstić information content (AvgIpc) is 2.62. The molecule has 2 N–H and O–H groups in total. The van der Waals surface area contributed by atoms with Crippen LogP contribution >= 0.6 is 0 Å². The molecule has 5 heteroatoms. The number of amides is 2. The molecule has 130 valence electrons. The first-order valence-electron chi connectivity index (χ1n) is 8.07. The number of aryl methyl sites for hydroxylation is 1. The van der Waals surface area contributed by atoms with Gasteiger partial charge in [-0.25, -0.2) is 4.39 Å². The van der Waals surface area contributed by atoms with Gasteiger partial charge in [-0.1, -0.05) is 36.4 Å². The molecule has 0 fully saturated rings. The van der Waals surface area contributed by atoms with Crippen LogP contribution in [-0.4, -0.2) is 11.8 Å². The lowest BCUT2D eigenvalue weighted by Gasteiger charge is -2.10. The molecule has 3 aromatic rings. The summed E-state index contributed by atoms with van der Waals surface area (Å²) in [5, 5.41) is 5.43. The molecule has 0 bridgehead atoms. The minimum Gasteiger partial charge on any atom is -0.322 e. The van der Waals surface area contributed by atoms with Gasteiger partial charge in [0.05, 0.1) is 5.56 Å². The normalized spacial score (nSPS) is 10.2. The van der Waals surface area contributed by atoms with E-state index in [1.165, 1.54) is 18.2 Å². The summed E-state index contributed by atoms with van der Waals surface area (Å²) in [5.74, 6) is -1.37. The summed E-state index contributed by atoms with van der Waals surface area (Å²) < 4.78 is 13.7. The quantitative estimate of drug-likeness (QED) is 0.722. The van der Waals surface area contributed by atoms with Crippen molar-refractivity contribution in [3.8, 4) is 0 Å². The summed E-state index contributed by atoms with van der Waals surface area (Å²) in [6.45, 7) is 1.86. The van der Waals surface area contributed by atoms with Gasteiger partial charge in [0.2, 0.25) is 0 Å². The SMILES string of the molecule is Cc1ccccc1C(=O)Nc1cccc(NC(=O)c2ccccc2F)c1. The molecule has 3 aromatic carbocycles. The van der Waals surface area contributed by atoms with E-state index in [9.17, 15) is 14.0 Å². The summed E-state index contributed by atoms with van der Waals surface area (Å²) in [5.41, 5.74) is 2.40. The number of carbonyl (C=O) groups is 2. The van der Waals surface area contributed by atoms with Gasteiger partial charge < -0.3 is 10.6 Å². The Kier molecular flexibility index (Phi) is 5.08. The van der Waals surface area contributed by atoms with Crippen LogP contribution in [0.5, 0.6) is 0 Å². The van der Waals surface area contributed by atoms with E-state index in [1.54, 1.807) is 42.5 Å². The predicted octanol–water partition coefficient (Wildman–Crippen LogP) is 4.64. The molecule has 3 rings (SSSR count). The molecular weight excluding hydrogens is 331 g/mol. The molecule has 0 aliphatic carbocycles. The van der Waals surface area contributed by atoms with E-state index in [0.717, 1.165) is 5.56 Å². The van der Waals surface area contributed by atoms with Crippen LogP contribution in [0.15, 0.2) is 72.8 Å². The van der Waals surface area contributed by atoms with Crippen molar-refractivity contribution in [1.29, 1.82) is 0 Å². The predicted molar refractivity (Wildman–Crippen MR) is 99.9 cm³/mol. The minimum atomic E-state index is -0.589. The van der Waals surface area contributed by atoms with Gasteiger partial charge in [-0.3, -0.25) is 9.59 Å². The Morgan fingerprint density at radius 2 is 1.27 bits per heavy atom. The Morgan fingerprint density at radius 1 is 0.731 bits per heavy atom. The first kappa shape index (κ1) is 17.4. The van der Waals surface area contributed by atoms with Gasteiger partial charge in [0.25, 0.3) is 11.8 Å². The third-order valence-corrected chi connectivity index (χ3v) is 3.89. The maximum atomic E-state index is 13.7. The Bertz CT molecular complexity index is 895. The number of carbonyl (C=O) groups excluding carboxylic acids is 2. The molecule has 2 amide bonds. The largest absolute Gasteiger partial charge is 0.322 e. The standard InChI is InChI=1S/C21H17FN2O2/c1-14-7-2-3-10-17(14)20(25)23-15-8-6-9-16(13-15)24-21(26)18-11-4-5-12-19(18)22/h2-13H,1H3,(H,23,25)(H,24,26). The zero-order valence-corrected chi connectivity index (χ0v) is 14.1. The van der Waals surface area contributed by atoms with Crippen LogP contribution in [-0.2, 0) is 0 Å². The fraction of sp³-hybridized carbons (Fsp3) is 0.0476. The van der Waals surface area contributed by atoms with Crippen LogP contribution in [0.3, 0.4) is 0 Å². The molecule has 0 saturated carbocycles.